The molecule has 0 fully saturated rings. The van der Waals surface area contributed by atoms with Crippen LogP contribution in [0.1, 0.15) is 51.8 Å². The minimum absolute atomic E-state index is 0.0734. The minimum atomic E-state index is -0.151. The number of fused-ring (bicyclic) bond motifs is 1. The van der Waals surface area contributed by atoms with E-state index >= 15 is 0 Å². The van der Waals surface area contributed by atoms with Crippen LogP contribution in [0.4, 0.5) is 0 Å². The number of aryl methyl sites for hydroxylation is 3. The van der Waals surface area contributed by atoms with Crippen LogP contribution in [0.5, 0.6) is 0 Å². The molecule has 1 N–H and O–H groups in total. The van der Waals surface area contributed by atoms with Crippen molar-refractivity contribution >= 4 is 5.91 Å². The average Bonchev–Trinajstić information content (AvgIpc) is 2.48. The molecule has 0 spiro atoms. The number of carbonyl (C=O) groups excluding carboxylic acids is 1. The molecule has 4 nitrogen and oxygen atoms in total. The van der Waals surface area contributed by atoms with E-state index in [1.54, 1.807) is 12.1 Å². The van der Waals surface area contributed by atoms with Crippen LogP contribution < -0.4 is 5.32 Å². The molecular weight excluding hydrogens is 262 g/mol. The van der Waals surface area contributed by atoms with Gasteiger partial charge in [-0.1, -0.05) is 23.8 Å². The molecule has 1 heterocycles. The highest BCUT2D eigenvalue weighted by Gasteiger charge is 2.22. The third-order valence-corrected chi connectivity index (χ3v) is 3.95. The Hall–Kier alpha value is -2.23. The number of hydrogen-bond donors (Lipinski definition) is 1. The standard InChI is InChI=1S/C17H19N3O/c1-11-6-8-13-4-3-5-15(14(13)10-11)18-17(21)16-9-7-12(2)19-20-16/h6-10,15H,3-5H2,1-2H3,(H,18,21)/t15-/m1/s1. The van der Waals surface area contributed by atoms with Gasteiger partial charge in [-0.25, -0.2) is 0 Å². The SMILES string of the molecule is Cc1ccc2c(c1)[C@H](NC(=O)c1ccc(C)nn1)CCC2. The second-order valence-corrected chi connectivity index (χ2v) is 5.68. The third-order valence-electron chi connectivity index (χ3n) is 3.95. The van der Waals surface area contributed by atoms with Crippen molar-refractivity contribution in [2.24, 2.45) is 0 Å². The maximum atomic E-state index is 12.3. The summed E-state index contributed by atoms with van der Waals surface area (Å²) in [6.07, 6.45) is 3.16. The number of hydrogen-bond acceptors (Lipinski definition) is 3. The van der Waals surface area contributed by atoms with E-state index in [0.717, 1.165) is 25.0 Å². The zero-order valence-corrected chi connectivity index (χ0v) is 12.4. The molecule has 21 heavy (non-hydrogen) atoms. The van der Waals surface area contributed by atoms with Crippen molar-refractivity contribution in [1.82, 2.24) is 15.5 Å². The summed E-state index contributed by atoms with van der Waals surface area (Å²) in [6.45, 7) is 3.94. The molecule has 0 bridgehead atoms. The number of aromatic nitrogens is 2. The Morgan fingerprint density at radius 1 is 1.19 bits per heavy atom. The van der Waals surface area contributed by atoms with Gasteiger partial charge in [0.2, 0.25) is 0 Å². The van der Waals surface area contributed by atoms with Gasteiger partial charge in [0, 0.05) is 0 Å². The lowest BCUT2D eigenvalue weighted by Crippen LogP contribution is -2.31. The van der Waals surface area contributed by atoms with Crippen LogP contribution in [-0.2, 0) is 6.42 Å². The maximum absolute atomic E-state index is 12.3. The molecule has 1 amide bonds. The van der Waals surface area contributed by atoms with Crippen LogP contribution in [0.2, 0.25) is 0 Å². The molecule has 3 rings (SSSR count). The second-order valence-electron chi connectivity index (χ2n) is 5.68. The summed E-state index contributed by atoms with van der Waals surface area (Å²) in [4.78, 5) is 12.3. The van der Waals surface area contributed by atoms with E-state index in [1.165, 1.54) is 16.7 Å². The molecule has 1 aliphatic carbocycles. The topological polar surface area (TPSA) is 54.9 Å². The van der Waals surface area contributed by atoms with Gasteiger partial charge < -0.3 is 5.32 Å². The lowest BCUT2D eigenvalue weighted by atomic mass is 9.86. The minimum Gasteiger partial charge on any atom is -0.344 e. The summed E-state index contributed by atoms with van der Waals surface area (Å²) < 4.78 is 0. The molecule has 1 atom stereocenters. The molecule has 2 aromatic rings. The van der Waals surface area contributed by atoms with E-state index in [9.17, 15) is 4.79 Å². The first kappa shape index (κ1) is 13.7. The summed E-state index contributed by atoms with van der Waals surface area (Å²) in [5.74, 6) is -0.151. The van der Waals surface area contributed by atoms with E-state index in [-0.39, 0.29) is 11.9 Å². The first-order chi connectivity index (χ1) is 10.1. The van der Waals surface area contributed by atoms with Gasteiger partial charge >= 0.3 is 0 Å². The van der Waals surface area contributed by atoms with Gasteiger partial charge in [-0.2, -0.15) is 5.10 Å². The normalized spacial score (nSPS) is 17.1. The fraction of sp³-hybridized carbons (Fsp3) is 0.353. The van der Waals surface area contributed by atoms with Crippen molar-refractivity contribution in [2.45, 2.75) is 39.2 Å². The Kier molecular flexibility index (Phi) is 3.69. The predicted molar refractivity (Wildman–Crippen MR) is 81.1 cm³/mol. The summed E-state index contributed by atoms with van der Waals surface area (Å²) in [6, 6.07) is 10.1. The number of amides is 1. The Balaban J connectivity index is 1.81. The molecule has 1 aromatic heterocycles. The van der Waals surface area contributed by atoms with E-state index in [0.29, 0.717) is 5.69 Å². The molecule has 0 aliphatic heterocycles. The summed E-state index contributed by atoms with van der Waals surface area (Å²) >= 11 is 0. The van der Waals surface area contributed by atoms with E-state index in [1.807, 2.05) is 6.92 Å². The molecule has 0 radical (unpaired) electrons. The molecule has 0 saturated heterocycles. The van der Waals surface area contributed by atoms with E-state index in [4.69, 9.17) is 0 Å². The largest absolute Gasteiger partial charge is 0.344 e. The van der Waals surface area contributed by atoms with Crippen LogP contribution in [0.25, 0.3) is 0 Å². The fourth-order valence-corrected chi connectivity index (χ4v) is 2.82. The molecule has 1 aliphatic rings. The Morgan fingerprint density at radius 2 is 2.05 bits per heavy atom. The van der Waals surface area contributed by atoms with Gasteiger partial charge in [-0.15, -0.1) is 5.10 Å². The Bertz CT molecular complexity index is 664. The van der Waals surface area contributed by atoms with E-state index < -0.39 is 0 Å². The summed E-state index contributed by atoms with van der Waals surface area (Å²) in [5.41, 5.74) is 5.00. The monoisotopic (exact) mass is 281 g/mol. The molecule has 108 valence electrons. The maximum Gasteiger partial charge on any atom is 0.272 e. The van der Waals surface area contributed by atoms with Crippen LogP contribution in [-0.4, -0.2) is 16.1 Å². The van der Waals surface area contributed by atoms with Crippen molar-refractivity contribution in [1.29, 1.82) is 0 Å². The number of nitrogens with one attached hydrogen (secondary N) is 1. The first-order valence-corrected chi connectivity index (χ1v) is 7.34. The third kappa shape index (κ3) is 2.94. The number of nitrogens with zero attached hydrogens (tertiary/aromatic N) is 2. The number of benzene rings is 1. The molecule has 4 heteroatoms. The smallest absolute Gasteiger partial charge is 0.272 e. The van der Waals surface area contributed by atoms with Crippen LogP contribution >= 0.6 is 0 Å². The highest BCUT2D eigenvalue weighted by Crippen LogP contribution is 2.30. The van der Waals surface area contributed by atoms with Crippen molar-refractivity contribution in [3.05, 3.63) is 58.4 Å². The van der Waals surface area contributed by atoms with Crippen LogP contribution in [0.3, 0.4) is 0 Å². The van der Waals surface area contributed by atoms with Crippen molar-refractivity contribution in [3.63, 3.8) is 0 Å². The van der Waals surface area contributed by atoms with Crippen molar-refractivity contribution in [3.8, 4) is 0 Å². The molecular formula is C17H19N3O. The lowest BCUT2D eigenvalue weighted by Gasteiger charge is -2.26. The zero-order chi connectivity index (χ0) is 14.8. The summed E-state index contributed by atoms with van der Waals surface area (Å²) in [5, 5.41) is 11.0. The number of rotatable bonds is 2. The highest BCUT2D eigenvalue weighted by atomic mass is 16.2. The predicted octanol–water partition coefficient (Wildman–Crippen LogP) is 2.90. The van der Waals surface area contributed by atoms with Gasteiger partial charge in [0.25, 0.3) is 5.91 Å². The molecule has 0 unspecified atom stereocenters. The Labute approximate surface area is 124 Å². The average molecular weight is 281 g/mol. The molecule has 0 saturated carbocycles. The second kappa shape index (κ2) is 5.64. The molecule has 1 aromatic carbocycles. The van der Waals surface area contributed by atoms with Crippen LogP contribution in [0.15, 0.2) is 30.3 Å². The van der Waals surface area contributed by atoms with Crippen molar-refractivity contribution < 1.29 is 4.79 Å². The van der Waals surface area contributed by atoms with Gasteiger partial charge in [0.05, 0.1) is 11.7 Å². The van der Waals surface area contributed by atoms with Gasteiger partial charge in [-0.3, -0.25) is 4.79 Å². The summed E-state index contributed by atoms with van der Waals surface area (Å²) in [7, 11) is 0. The van der Waals surface area contributed by atoms with Gasteiger partial charge in [0.15, 0.2) is 5.69 Å². The first-order valence-electron chi connectivity index (χ1n) is 7.34. The van der Waals surface area contributed by atoms with Crippen molar-refractivity contribution in [2.75, 3.05) is 0 Å². The van der Waals surface area contributed by atoms with E-state index in [2.05, 4.69) is 40.6 Å². The Morgan fingerprint density at radius 3 is 2.81 bits per heavy atom. The van der Waals surface area contributed by atoms with Crippen LogP contribution in [0, 0.1) is 13.8 Å². The zero-order valence-electron chi connectivity index (χ0n) is 12.4. The quantitative estimate of drug-likeness (QED) is 0.921. The fourth-order valence-electron chi connectivity index (χ4n) is 2.82. The highest BCUT2D eigenvalue weighted by molar-refractivity contribution is 5.92. The lowest BCUT2D eigenvalue weighted by molar-refractivity contribution is 0.0926. The number of carbonyl (C=O) groups is 1. The van der Waals surface area contributed by atoms with Gasteiger partial charge in [0.1, 0.15) is 0 Å². The van der Waals surface area contributed by atoms with Gasteiger partial charge in [-0.05, 0) is 56.4 Å².